The summed E-state index contributed by atoms with van der Waals surface area (Å²) in [5, 5.41) is -0.665. The molecule has 1 atom stereocenters. The van der Waals surface area contributed by atoms with Crippen molar-refractivity contribution >= 4 is 45.3 Å². The summed E-state index contributed by atoms with van der Waals surface area (Å²) in [4.78, 5) is 54.6. The van der Waals surface area contributed by atoms with Crippen LogP contribution < -0.4 is 0 Å². The Morgan fingerprint density at radius 1 is 0.619 bits per heavy atom. The Morgan fingerprint density at radius 2 is 1.02 bits per heavy atom. The Labute approximate surface area is 262 Å². The quantitative estimate of drug-likeness (QED) is 0.176. The molecule has 0 heterocycles. The van der Waals surface area contributed by atoms with E-state index in [1.54, 1.807) is 12.1 Å². The van der Waals surface area contributed by atoms with Crippen LogP contribution in [0.5, 0.6) is 0 Å². The van der Waals surface area contributed by atoms with Crippen molar-refractivity contribution in [2.24, 2.45) is 22.7 Å². The highest BCUT2D eigenvalue weighted by molar-refractivity contribution is 8.16. The number of ketones is 2. The van der Waals surface area contributed by atoms with Crippen molar-refractivity contribution in [1.29, 1.82) is 0 Å². The average Bonchev–Trinajstić information content (AvgIpc) is 2.80. The van der Waals surface area contributed by atoms with Crippen molar-refractivity contribution in [3.8, 4) is 11.1 Å². The van der Waals surface area contributed by atoms with Gasteiger partial charge in [0.15, 0.2) is 5.78 Å². The van der Waals surface area contributed by atoms with Gasteiger partial charge in [-0.3, -0.25) is 19.2 Å². The van der Waals surface area contributed by atoms with Crippen molar-refractivity contribution in [3.63, 3.8) is 0 Å². The van der Waals surface area contributed by atoms with Gasteiger partial charge in [-0.2, -0.15) is 0 Å². The van der Waals surface area contributed by atoms with Crippen LogP contribution in [0.4, 0.5) is 0 Å². The van der Waals surface area contributed by atoms with E-state index in [1.807, 2.05) is 70.2 Å². The Balaban J connectivity index is 2.41. The van der Waals surface area contributed by atoms with Gasteiger partial charge in [0.1, 0.15) is 11.7 Å². The highest BCUT2D eigenvalue weighted by Crippen LogP contribution is 2.44. The van der Waals surface area contributed by atoms with Crippen LogP contribution in [0.25, 0.3) is 11.1 Å². The van der Waals surface area contributed by atoms with Gasteiger partial charge in [-0.15, -0.1) is 0 Å². The van der Waals surface area contributed by atoms with E-state index in [2.05, 4.69) is 41.5 Å². The van der Waals surface area contributed by atoms with Gasteiger partial charge in [-0.25, -0.2) is 0 Å². The number of hydrogen-bond acceptors (Lipinski definition) is 6. The first-order valence-electron chi connectivity index (χ1n) is 14.7. The van der Waals surface area contributed by atoms with Crippen LogP contribution in [-0.2, 0) is 14.4 Å². The molecule has 2 aromatic rings. The van der Waals surface area contributed by atoms with Gasteiger partial charge in [0, 0.05) is 27.4 Å². The monoisotopic (exact) mass is 610 g/mol. The number of carbonyl (C=O) groups is 4. The molecule has 2 rings (SSSR count). The highest BCUT2D eigenvalue weighted by Gasteiger charge is 2.44. The van der Waals surface area contributed by atoms with E-state index < -0.39 is 21.3 Å². The van der Waals surface area contributed by atoms with Gasteiger partial charge in [0.2, 0.25) is 10.2 Å². The molecule has 0 unspecified atom stereocenters. The van der Waals surface area contributed by atoms with Crippen molar-refractivity contribution in [3.05, 3.63) is 60.2 Å². The lowest BCUT2D eigenvalue weighted by Gasteiger charge is -2.35. The molecule has 0 aromatic heterocycles. The largest absolute Gasteiger partial charge is 0.300 e. The zero-order chi connectivity index (χ0) is 32.1. The number of thioether (sulfide) groups is 2. The third kappa shape index (κ3) is 11.8. The molecule has 0 spiro atoms. The fourth-order valence-electron chi connectivity index (χ4n) is 6.02. The second-order valence-corrected chi connectivity index (χ2v) is 18.5. The van der Waals surface area contributed by atoms with Crippen LogP contribution in [-0.4, -0.2) is 31.3 Å². The first-order chi connectivity index (χ1) is 19.1. The molecular weight excluding hydrogens is 561 g/mol. The lowest BCUT2D eigenvalue weighted by Crippen LogP contribution is -2.38. The van der Waals surface area contributed by atoms with Crippen LogP contribution >= 0.6 is 23.5 Å². The molecule has 0 N–H and O–H groups in total. The van der Waals surface area contributed by atoms with E-state index in [9.17, 15) is 19.2 Å². The molecule has 0 radical (unpaired) electrons. The minimum Gasteiger partial charge on any atom is -0.300 e. The van der Waals surface area contributed by atoms with Crippen molar-refractivity contribution in [1.82, 2.24) is 0 Å². The minimum atomic E-state index is -1.21. The number of Topliss-reactive ketones (excluding diaryl/α,β-unsaturated/α-hetero) is 2. The lowest BCUT2D eigenvalue weighted by atomic mass is 9.84. The third-order valence-electron chi connectivity index (χ3n) is 6.82. The predicted molar refractivity (Wildman–Crippen MR) is 180 cm³/mol. The van der Waals surface area contributed by atoms with Crippen molar-refractivity contribution in [2.45, 2.75) is 105 Å². The summed E-state index contributed by atoms with van der Waals surface area (Å²) in [6, 6.07) is 17.1. The first kappa shape index (κ1) is 36.0. The van der Waals surface area contributed by atoms with E-state index in [4.69, 9.17) is 0 Å². The van der Waals surface area contributed by atoms with Gasteiger partial charge in [0.25, 0.3) is 0 Å². The Morgan fingerprint density at radius 3 is 1.40 bits per heavy atom. The van der Waals surface area contributed by atoms with E-state index in [0.717, 1.165) is 47.5 Å². The maximum Gasteiger partial charge on any atom is 0.201 e. The van der Waals surface area contributed by atoms with Crippen LogP contribution in [0.1, 0.15) is 106 Å². The minimum absolute atomic E-state index is 0.0262. The van der Waals surface area contributed by atoms with Crippen LogP contribution in [0, 0.1) is 22.7 Å². The fraction of sp³-hybridized carbons (Fsp3) is 0.556. The SMILES string of the molecule is CC(=O)[C@@H](CC(=O)c1ccc(-c2ccccc2)cc1)C(C(=O)SC(C)(C)CC(C)(C)C)C(=O)SC(C)(C)CC(C)(C)C. The molecule has 4 nitrogen and oxygen atoms in total. The molecule has 0 saturated heterocycles. The Hall–Kier alpha value is -2.18. The lowest BCUT2D eigenvalue weighted by molar-refractivity contribution is -0.132. The number of carbonyl (C=O) groups excluding carboxylic acids is 4. The molecule has 0 bridgehead atoms. The molecule has 42 heavy (non-hydrogen) atoms. The predicted octanol–water partition coefficient (Wildman–Crippen LogP) is 9.70. The summed E-state index contributed by atoms with van der Waals surface area (Å²) < 4.78 is -0.893. The third-order valence-corrected chi connectivity index (χ3v) is 9.12. The normalized spacial score (nSPS) is 13.6. The molecule has 230 valence electrons. The molecule has 0 fully saturated rings. The number of hydrogen-bond donors (Lipinski definition) is 0. The van der Waals surface area contributed by atoms with Crippen LogP contribution in [0.2, 0.25) is 0 Å². The summed E-state index contributed by atoms with van der Waals surface area (Å²) in [5.74, 6) is -2.80. The molecular formula is C36H50O4S2. The zero-order valence-electron chi connectivity index (χ0n) is 27.4. The summed E-state index contributed by atoms with van der Waals surface area (Å²) in [6.07, 6.45) is 1.30. The fourth-order valence-corrected chi connectivity index (χ4v) is 8.99. The molecule has 0 saturated carbocycles. The second kappa shape index (κ2) is 14.1. The van der Waals surface area contributed by atoms with Crippen molar-refractivity contribution in [2.75, 3.05) is 0 Å². The van der Waals surface area contributed by atoms with Gasteiger partial charge in [-0.05, 0) is 41.7 Å². The Kier molecular flexibility index (Phi) is 12.1. The highest BCUT2D eigenvalue weighted by atomic mass is 32.2. The summed E-state index contributed by atoms with van der Waals surface area (Å²) >= 11 is 2.27. The summed E-state index contributed by atoms with van der Waals surface area (Å²) in [5.41, 5.74) is 2.43. The summed E-state index contributed by atoms with van der Waals surface area (Å²) in [6.45, 7) is 22.1. The average molecular weight is 611 g/mol. The van der Waals surface area contributed by atoms with E-state index in [0.29, 0.717) is 5.56 Å². The molecule has 6 heteroatoms. The van der Waals surface area contributed by atoms with Gasteiger partial charge >= 0.3 is 0 Å². The molecule has 0 aliphatic heterocycles. The maximum atomic E-state index is 14.0. The number of benzene rings is 2. The molecule has 0 amide bonds. The van der Waals surface area contributed by atoms with Crippen molar-refractivity contribution < 1.29 is 19.2 Å². The standard InChI is InChI=1S/C36H50O4S2/c1-24(37)28(21-29(38)27-19-17-26(18-20-27)25-15-13-12-14-16-25)30(31(39)41-35(8,9)22-33(2,3)4)32(40)42-36(10,11)23-34(5,6)7/h12-20,28,30H,21-23H2,1-11H3/t28-/m1/s1. The molecule has 0 aliphatic rings. The first-order valence-corrected chi connectivity index (χ1v) is 16.4. The second-order valence-electron chi connectivity index (χ2n) is 15.1. The molecule has 2 aromatic carbocycles. The van der Waals surface area contributed by atoms with Gasteiger partial charge in [-0.1, -0.05) is 147 Å². The van der Waals surface area contributed by atoms with Gasteiger partial charge in [0.05, 0.1) is 0 Å². The zero-order valence-corrected chi connectivity index (χ0v) is 29.1. The smallest absolute Gasteiger partial charge is 0.201 e. The van der Waals surface area contributed by atoms with Crippen LogP contribution in [0.15, 0.2) is 54.6 Å². The Bertz CT molecular complexity index is 1200. The topological polar surface area (TPSA) is 68.3 Å². The maximum absolute atomic E-state index is 14.0. The van der Waals surface area contributed by atoms with Gasteiger partial charge < -0.3 is 0 Å². The van der Waals surface area contributed by atoms with E-state index in [-0.39, 0.29) is 39.0 Å². The van der Waals surface area contributed by atoms with Crippen LogP contribution in [0.3, 0.4) is 0 Å². The molecule has 0 aliphatic carbocycles. The summed E-state index contributed by atoms with van der Waals surface area (Å²) in [7, 11) is 0. The number of rotatable bonds is 12. The van der Waals surface area contributed by atoms with E-state index >= 15 is 0 Å². The van der Waals surface area contributed by atoms with E-state index in [1.165, 1.54) is 6.92 Å².